The van der Waals surface area contributed by atoms with Crippen molar-refractivity contribution in [2.75, 3.05) is 10.6 Å². The van der Waals surface area contributed by atoms with Crippen LogP contribution in [0.15, 0.2) is 71.5 Å². The number of rotatable bonds is 4. The molecule has 4 heterocycles. The van der Waals surface area contributed by atoms with E-state index in [1.165, 1.54) is 0 Å². The van der Waals surface area contributed by atoms with Gasteiger partial charge in [0.25, 0.3) is 5.91 Å². The summed E-state index contributed by atoms with van der Waals surface area (Å²) in [5.41, 5.74) is 3.73. The number of aryl methyl sites for hydroxylation is 1. The summed E-state index contributed by atoms with van der Waals surface area (Å²) in [4.78, 5) is 23.2. The van der Waals surface area contributed by atoms with Gasteiger partial charge < -0.3 is 10.6 Å². The van der Waals surface area contributed by atoms with Crippen LogP contribution in [0.4, 0.5) is 11.6 Å². The zero-order valence-electron chi connectivity index (χ0n) is 17.3. The Morgan fingerprint density at radius 1 is 1.19 bits per heavy atom. The van der Waals surface area contributed by atoms with E-state index >= 15 is 0 Å². The van der Waals surface area contributed by atoms with E-state index in [0.29, 0.717) is 28.1 Å². The summed E-state index contributed by atoms with van der Waals surface area (Å²) < 4.78 is 1.77. The van der Waals surface area contributed by atoms with Gasteiger partial charge in [-0.1, -0.05) is 23.7 Å². The van der Waals surface area contributed by atoms with Crippen molar-refractivity contribution in [1.29, 1.82) is 0 Å². The van der Waals surface area contributed by atoms with Gasteiger partial charge in [0, 0.05) is 22.3 Å². The number of pyridine rings is 1. The van der Waals surface area contributed by atoms with Gasteiger partial charge in [0.1, 0.15) is 6.04 Å². The third-order valence-electron chi connectivity index (χ3n) is 5.28. The van der Waals surface area contributed by atoms with E-state index in [4.69, 9.17) is 16.7 Å². The normalized spacial score (nSPS) is 15.3. The number of halogens is 1. The molecule has 160 valence electrons. The minimum atomic E-state index is -0.424. The van der Waals surface area contributed by atoms with Crippen LogP contribution in [-0.2, 0) is 4.79 Å². The second-order valence-corrected chi connectivity index (χ2v) is 8.77. The average molecular weight is 463 g/mol. The zero-order valence-corrected chi connectivity index (χ0v) is 18.9. The highest BCUT2D eigenvalue weighted by atomic mass is 35.5. The molecule has 5 rings (SSSR count). The highest BCUT2D eigenvalue weighted by Gasteiger charge is 2.36. The molecule has 0 saturated carbocycles. The number of carbonyl (C=O) groups is 1. The Hall–Kier alpha value is -3.49. The van der Waals surface area contributed by atoms with Crippen molar-refractivity contribution in [2.24, 2.45) is 0 Å². The van der Waals surface area contributed by atoms with Crippen LogP contribution in [0.25, 0.3) is 11.4 Å². The fourth-order valence-electron chi connectivity index (χ4n) is 3.74. The average Bonchev–Trinajstić information content (AvgIpc) is 3.39. The standard InChI is InChI=1S/C23H19ClN6OS/c1-13-9-11-32-20(13)19-18(22(31)27-15-6-5-10-25-12-15)14(2)26-23-28-21(29-30(19)23)16-7-3-4-8-17(16)24/h3-12,19H,1-2H3,(H,27,31)(H,26,28,29). The van der Waals surface area contributed by atoms with Crippen LogP contribution < -0.4 is 10.6 Å². The summed E-state index contributed by atoms with van der Waals surface area (Å²) in [6.07, 6.45) is 3.28. The number of benzene rings is 1. The quantitative estimate of drug-likeness (QED) is 0.430. The molecule has 0 fully saturated rings. The maximum Gasteiger partial charge on any atom is 0.255 e. The second kappa shape index (κ2) is 8.22. The molecular formula is C23H19ClN6OS. The van der Waals surface area contributed by atoms with Gasteiger partial charge in [0.2, 0.25) is 5.95 Å². The first-order valence-corrected chi connectivity index (χ1v) is 11.2. The Morgan fingerprint density at radius 3 is 2.75 bits per heavy atom. The summed E-state index contributed by atoms with van der Waals surface area (Å²) in [6, 6.07) is 12.6. The van der Waals surface area contributed by atoms with Gasteiger partial charge in [-0.3, -0.25) is 9.78 Å². The van der Waals surface area contributed by atoms with E-state index < -0.39 is 6.04 Å². The monoisotopic (exact) mass is 462 g/mol. The van der Waals surface area contributed by atoms with Gasteiger partial charge in [-0.2, -0.15) is 4.98 Å². The SMILES string of the molecule is CC1=C(C(=O)Nc2cccnc2)C(c2sccc2C)n2nc(-c3ccccc3Cl)nc2N1. The molecule has 1 amide bonds. The van der Waals surface area contributed by atoms with E-state index in [1.54, 1.807) is 40.5 Å². The van der Waals surface area contributed by atoms with Crippen LogP contribution in [0, 0.1) is 6.92 Å². The van der Waals surface area contributed by atoms with Crippen molar-refractivity contribution in [1.82, 2.24) is 19.7 Å². The Kier molecular flexibility index (Phi) is 5.24. The van der Waals surface area contributed by atoms with E-state index in [-0.39, 0.29) is 5.91 Å². The zero-order chi connectivity index (χ0) is 22.2. The van der Waals surface area contributed by atoms with Crippen molar-refractivity contribution in [2.45, 2.75) is 19.9 Å². The molecule has 1 aliphatic heterocycles. The highest BCUT2D eigenvalue weighted by Crippen LogP contribution is 2.40. The van der Waals surface area contributed by atoms with Gasteiger partial charge in [0.15, 0.2) is 5.82 Å². The largest absolute Gasteiger partial charge is 0.328 e. The maximum atomic E-state index is 13.4. The number of thiophene rings is 1. The lowest BCUT2D eigenvalue weighted by molar-refractivity contribution is -0.113. The molecule has 1 atom stereocenters. The van der Waals surface area contributed by atoms with Crippen molar-refractivity contribution in [3.8, 4) is 11.4 Å². The van der Waals surface area contributed by atoms with Crippen LogP contribution in [0.5, 0.6) is 0 Å². The first kappa shape index (κ1) is 20.4. The lowest BCUT2D eigenvalue weighted by atomic mass is 9.99. The first-order valence-electron chi connectivity index (χ1n) is 9.97. The summed E-state index contributed by atoms with van der Waals surface area (Å²) in [5, 5.41) is 13.6. The number of carbonyl (C=O) groups excluding carboxylic acids is 1. The topological polar surface area (TPSA) is 84.7 Å². The predicted molar refractivity (Wildman–Crippen MR) is 127 cm³/mol. The third kappa shape index (κ3) is 3.57. The molecule has 3 aromatic heterocycles. The van der Waals surface area contributed by atoms with Crippen LogP contribution in [0.3, 0.4) is 0 Å². The van der Waals surface area contributed by atoms with E-state index in [1.807, 2.05) is 49.6 Å². The molecule has 0 bridgehead atoms. The molecule has 32 heavy (non-hydrogen) atoms. The maximum absolute atomic E-state index is 13.4. The lowest BCUT2D eigenvalue weighted by Gasteiger charge is -2.28. The van der Waals surface area contributed by atoms with Gasteiger partial charge in [-0.05, 0) is 55.1 Å². The van der Waals surface area contributed by atoms with Gasteiger partial charge >= 0.3 is 0 Å². The second-order valence-electron chi connectivity index (χ2n) is 7.41. The molecule has 9 heteroatoms. The Labute approximate surface area is 193 Å². The van der Waals surface area contributed by atoms with Gasteiger partial charge in [-0.25, -0.2) is 4.68 Å². The fourth-order valence-corrected chi connectivity index (χ4v) is 4.98. The molecule has 0 spiro atoms. The van der Waals surface area contributed by atoms with Crippen LogP contribution >= 0.6 is 22.9 Å². The highest BCUT2D eigenvalue weighted by molar-refractivity contribution is 7.10. The van der Waals surface area contributed by atoms with Crippen LogP contribution in [0.2, 0.25) is 5.02 Å². The lowest BCUT2D eigenvalue weighted by Crippen LogP contribution is -2.31. The summed E-state index contributed by atoms with van der Waals surface area (Å²) in [5.74, 6) is 0.841. The first-order chi connectivity index (χ1) is 15.5. The van der Waals surface area contributed by atoms with Crippen molar-refractivity contribution >= 4 is 40.5 Å². The Morgan fingerprint density at radius 2 is 2.03 bits per heavy atom. The summed E-state index contributed by atoms with van der Waals surface area (Å²) in [6.45, 7) is 3.91. The number of nitrogens with one attached hydrogen (secondary N) is 2. The minimum Gasteiger partial charge on any atom is -0.328 e. The number of amides is 1. The van der Waals surface area contributed by atoms with Gasteiger partial charge in [0.05, 0.1) is 22.5 Å². The molecule has 7 nitrogen and oxygen atoms in total. The number of allylic oxidation sites excluding steroid dienone is 1. The number of anilines is 2. The van der Waals surface area contributed by atoms with Crippen molar-refractivity contribution < 1.29 is 4.79 Å². The Bertz CT molecular complexity index is 1340. The van der Waals surface area contributed by atoms with Crippen LogP contribution in [0.1, 0.15) is 23.4 Å². The molecule has 0 saturated heterocycles. The smallest absolute Gasteiger partial charge is 0.255 e. The third-order valence-corrected chi connectivity index (χ3v) is 6.68. The minimum absolute atomic E-state index is 0.221. The Balaban J connectivity index is 1.62. The van der Waals surface area contributed by atoms with Crippen molar-refractivity contribution in [3.63, 3.8) is 0 Å². The molecule has 4 aromatic rings. The number of fused-ring (bicyclic) bond motifs is 1. The van der Waals surface area contributed by atoms with E-state index in [2.05, 4.69) is 20.6 Å². The summed E-state index contributed by atoms with van der Waals surface area (Å²) >= 11 is 7.98. The van der Waals surface area contributed by atoms with Crippen molar-refractivity contribution in [3.05, 3.63) is 87.0 Å². The molecule has 1 unspecified atom stereocenters. The fraction of sp³-hybridized carbons (Fsp3) is 0.130. The summed E-state index contributed by atoms with van der Waals surface area (Å²) in [7, 11) is 0. The number of aromatic nitrogens is 4. The number of hydrogen-bond donors (Lipinski definition) is 2. The molecule has 2 N–H and O–H groups in total. The molecule has 1 aliphatic rings. The molecular weight excluding hydrogens is 444 g/mol. The predicted octanol–water partition coefficient (Wildman–Crippen LogP) is 5.29. The molecule has 0 aliphatic carbocycles. The van der Waals surface area contributed by atoms with E-state index in [0.717, 1.165) is 21.7 Å². The molecule has 0 radical (unpaired) electrons. The number of nitrogens with zero attached hydrogens (tertiary/aromatic N) is 4. The molecule has 1 aromatic carbocycles. The van der Waals surface area contributed by atoms with Crippen LogP contribution in [-0.4, -0.2) is 25.7 Å². The van der Waals surface area contributed by atoms with Gasteiger partial charge in [-0.15, -0.1) is 16.4 Å². The number of hydrogen-bond acceptors (Lipinski definition) is 6. The van der Waals surface area contributed by atoms with E-state index in [9.17, 15) is 4.79 Å².